The zero-order valence-electron chi connectivity index (χ0n) is 27.1. The maximum atomic E-state index is 14.2. The lowest BCUT2D eigenvalue weighted by Gasteiger charge is -2.31. The molecule has 0 saturated heterocycles. The Morgan fingerprint density at radius 1 is 1.00 bits per heavy atom. The predicted octanol–water partition coefficient (Wildman–Crippen LogP) is 6.78. The van der Waals surface area contributed by atoms with Crippen LogP contribution in [-0.4, -0.2) is 53.8 Å². The predicted molar refractivity (Wildman–Crippen MR) is 184 cm³/mol. The Balaban J connectivity index is 1.61. The van der Waals surface area contributed by atoms with Crippen LogP contribution in [0, 0.1) is 0 Å². The second-order valence-corrected chi connectivity index (χ2v) is 13.2. The number of aliphatic hydroxyl groups excluding tert-OH is 1. The van der Waals surface area contributed by atoms with E-state index in [-0.39, 0.29) is 25.3 Å². The molecule has 252 valence electrons. The standard InChI is InChI=1S/C36H43Cl2N3O6/c1-35(2,3)47-31(43)19-20-36(34(44)41-39-21-8-7-12-25-10-5-4-6-11-25)32(29-18-15-27(37)24-30(29)38)46-33(40-36)26-13-16-28(17-14-26)45-23-9-22-42/h4-6,10-11,13-18,24,32,39,42H,7-9,12,19-23H2,1-3H3,(H,41,44)/t32-,36-/m0/s1. The summed E-state index contributed by atoms with van der Waals surface area (Å²) in [5, 5.41) is 9.78. The maximum absolute atomic E-state index is 14.2. The number of hydrogen-bond donors (Lipinski definition) is 3. The van der Waals surface area contributed by atoms with Gasteiger partial charge in [-0.2, -0.15) is 0 Å². The quantitative estimate of drug-likeness (QED) is 0.0866. The first-order valence-electron chi connectivity index (χ1n) is 15.9. The van der Waals surface area contributed by atoms with Crippen molar-refractivity contribution in [2.24, 2.45) is 4.99 Å². The Morgan fingerprint density at radius 3 is 2.43 bits per heavy atom. The normalized spacial score (nSPS) is 17.5. The van der Waals surface area contributed by atoms with Gasteiger partial charge < -0.3 is 19.3 Å². The lowest BCUT2D eigenvalue weighted by atomic mass is 9.83. The molecule has 3 aromatic carbocycles. The summed E-state index contributed by atoms with van der Waals surface area (Å²) in [6.07, 6.45) is 2.11. The molecule has 0 radical (unpaired) electrons. The van der Waals surface area contributed by atoms with Gasteiger partial charge in [0.25, 0.3) is 5.91 Å². The number of aliphatic imine (C=N–C) groups is 1. The average Bonchev–Trinajstić information content (AvgIpc) is 3.42. The lowest BCUT2D eigenvalue weighted by molar-refractivity contribution is -0.155. The largest absolute Gasteiger partial charge is 0.494 e. The van der Waals surface area contributed by atoms with Gasteiger partial charge in [-0.1, -0.05) is 59.6 Å². The van der Waals surface area contributed by atoms with Crippen molar-refractivity contribution in [3.8, 4) is 5.75 Å². The van der Waals surface area contributed by atoms with Crippen LogP contribution in [0.25, 0.3) is 0 Å². The molecule has 47 heavy (non-hydrogen) atoms. The summed E-state index contributed by atoms with van der Waals surface area (Å²) in [5.41, 5.74) is 5.97. The molecule has 0 aromatic heterocycles. The van der Waals surface area contributed by atoms with E-state index < -0.39 is 29.1 Å². The smallest absolute Gasteiger partial charge is 0.306 e. The first-order valence-corrected chi connectivity index (χ1v) is 16.6. The molecule has 0 unspecified atom stereocenters. The summed E-state index contributed by atoms with van der Waals surface area (Å²) < 4.78 is 17.7. The van der Waals surface area contributed by atoms with Crippen LogP contribution in [0.3, 0.4) is 0 Å². The van der Waals surface area contributed by atoms with E-state index in [2.05, 4.69) is 23.0 Å². The van der Waals surface area contributed by atoms with Crippen molar-refractivity contribution < 1.29 is 28.9 Å². The maximum Gasteiger partial charge on any atom is 0.306 e. The molecule has 1 heterocycles. The van der Waals surface area contributed by atoms with Gasteiger partial charge >= 0.3 is 5.97 Å². The van der Waals surface area contributed by atoms with Gasteiger partial charge in [-0.15, -0.1) is 0 Å². The molecule has 3 aromatic rings. The lowest BCUT2D eigenvalue weighted by Crippen LogP contribution is -2.53. The van der Waals surface area contributed by atoms with E-state index in [0.29, 0.717) is 46.5 Å². The van der Waals surface area contributed by atoms with Crippen molar-refractivity contribution in [3.05, 3.63) is 99.5 Å². The third-order valence-electron chi connectivity index (χ3n) is 7.47. The number of ether oxygens (including phenoxy) is 3. The van der Waals surface area contributed by atoms with Gasteiger partial charge in [-0.3, -0.25) is 15.0 Å². The number of aliphatic hydroxyl groups is 1. The number of hydrazine groups is 1. The Bertz CT molecular complexity index is 1510. The molecule has 0 spiro atoms. The van der Waals surface area contributed by atoms with Crippen LogP contribution in [0.15, 0.2) is 77.8 Å². The highest BCUT2D eigenvalue weighted by Gasteiger charge is 2.54. The molecule has 0 bridgehead atoms. The molecule has 9 nitrogen and oxygen atoms in total. The van der Waals surface area contributed by atoms with Gasteiger partial charge in [0, 0.05) is 47.2 Å². The van der Waals surface area contributed by atoms with Crippen LogP contribution in [0.2, 0.25) is 10.0 Å². The summed E-state index contributed by atoms with van der Waals surface area (Å²) in [5.74, 6) is -0.111. The van der Waals surface area contributed by atoms with Crippen LogP contribution in [-0.2, 0) is 25.5 Å². The summed E-state index contributed by atoms with van der Waals surface area (Å²) >= 11 is 12.9. The third kappa shape index (κ3) is 10.4. The number of aryl methyl sites for hydroxylation is 1. The highest BCUT2D eigenvalue weighted by atomic mass is 35.5. The third-order valence-corrected chi connectivity index (χ3v) is 8.03. The van der Waals surface area contributed by atoms with Crippen molar-refractivity contribution in [1.82, 2.24) is 10.9 Å². The summed E-state index contributed by atoms with van der Waals surface area (Å²) in [6, 6.07) is 22.3. The number of hydrogen-bond acceptors (Lipinski definition) is 8. The summed E-state index contributed by atoms with van der Waals surface area (Å²) in [7, 11) is 0. The second-order valence-electron chi connectivity index (χ2n) is 12.4. The number of benzene rings is 3. The number of unbranched alkanes of at least 4 members (excludes halogenated alkanes) is 1. The summed E-state index contributed by atoms with van der Waals surface area (Å²) in [4.78, 5) is 32.1. The Morgan fingerprint density at radius 2 is 1.74 bits per heavy atom. The Hall–Kier alpha value is -3.63. The van der Waals surface area contributed by atoms with E-state index >= 15 is 0 Å². The minimum Gasteiger partial charge on any atom is -0.494 e. The van der Waals surface area contributed by atoms with Crippen LogP contribution in [0.1, 0.15) is 75.7 Å². The first-order chi connectivity index (χ1) is 22.5. The number of carbonyl (C=O) groups excluding carboxylic acids is 2. The molecule has 1 amide bonds. The van der Waals surface area contributed by atoms with E-state index in [1.165, 1.54) is 5.56 Å². The Labute approximate surface area is 286 Å². The monoisotopic (exact) mass is 683 g/mol. The van der Waals surface area contributed by atoms with Gasteiger partial charge in [0.2, 0.25) is 5.90 Å². The molecule has 2 atom stereocenters. The fourth-order valence-electron chi connectivity index (χ4n) is 5.18. The van der Waals surface area contributed by atoms with Crippen molar-refractivity contribution in [2.75, 3.05) is 19.8 Å². The molecule has 1 aliphatic heterocycles. The zero-order valence-corrected chi connectivity index (χ0v) is 28.6. The average molecular weight is 685 g/mol. The number of carbonyl (C=O) groups is 2. The molecular weight excluding hydrogens is 641 g/mol. The molecule has 3 N–H and O–H groups in total. The minimum atomic E-state index is -1.59. The number of esters is 1. The molecule has 0 saturated carbocycles. The fourth-order valence-corrected chi connectivity index (χ4v) is 5.69. The SMILES string of the molecule is CC(C)(C)OC(=O)CC[C@]1(C(=O)NNCCCCc2ccccc2)N=C(c2ccc(OCCCO)cc2)O[C@H]1c1ccc(Cl)cc1Cl. The van der Waals surface area contributed by atoms with E-state index in [0.717, 1.165) is 19.3 Å². The zero-order chi connectivity index (χ0) is 33.9. The van der Waals surface area contributed by atoms with Crippen molar-refractivity contribution in [1.29, 1.82) is 0 Å². The van der Waals surface area contributed by atoms with Gasteiger partial charge in [0.15, 0.2) is 11.6 Å². The molecule has 11 heteroatoms. The van der Waals surface area contributed by atoms with E-state index in [9.17, 15) is 9.59 Å². The van der Waals surface area contributed by atoms with Crippen molar-refractivity contribution >= 4 is 41.0 Å². The molecule has 0 fully saturated rings. The number of amides is 1. The highest BCUT2D eigenvalue weighted by Crippen LogP contribution is 2.45. The minimum absolute atomic E-state index is 0.0150. The fraction of sp³-hybridized carbons (Fsp3) is 0.417. The Kier molecular flexibility index (Phi) is 13.1. The molecule has 4 rings (SSSR count). The number of halogens is 2. The van der Waals surface area contributed by atoms with E-state index in [4.69, 9.17) is 47.5 Å². The van der Waals surface area contributed by atoms with Crippen LogP contribution in [0.4, 0.5) is 0 Å². The summed E-state index contributed by atoms with van der Waals surface area (Å²) in [6.45, 7) is 6.31. The second kappa shape index (κ2) is 17.0. The van der Waals surface area contributed by atoms with Gasteiger partial charge in [-0.05, 0) is 88.4 Å². The first kappa shape index (κ1) is 36.2. The van der Waals surface area contributed by atoms with Crippen molar-refractivity contribution in [2.45, 2.75) is 76.5 Å². The van der Waals surface area contributed by atoms with Crippen LogP contribution >= 0.6 is 23.2 Å². The molecule has 1 aliphatic rings. The number of nitrogens with one attached hydrogen (secondary N) is 2. The van der Waals surface area contributed by atoms with Gasteiger partial charge in [-0.25, -0.2) is 10.4 Å². The topological polar surface area (TPSA) is 118 Å². The highest BCUT2D eigenvalue weighted by molar-refractivity contribution is 6.35. The van der Waals surface area contributed by atoms with Gasteiger partial charge in [0.1, 0.15) is 11.4 Å². The van der Waals surface area contributed by atoms with Gasteiger partial charge in [0.05, 0.1) is 6.61 Å². The molecular formula is C36H43Cl2N3O6. The van der Waals surface area contributed by atoms with E-state index in [1.54, 1.807) is 63.2 Å². The number of rotatable bonds is 16. The van der Waals surface area contributed by atoms with Crippen LogP contribution < -0.4 is 15.6 Å². The molecule has 0 aliphatic carbocycles. The number of nitrogens with zero attached hydrogens (tertiary/aromatic N) is 1. The van der Waals surface area contributed by atoms with E-state index in [1.807, 2.05) is 18.2 Å². The van der Waals surface area contributed by atoms with Crippen LogP contribution in [0.5, 0.6) is 5.75 Å². The van der Waals surface area contributed by atoms with Crippen molar-refractivity contribution in [3.63, 3.8) is 0 Å².